The molecule has 0 N–H and O–H groups in total. The Hall–Kier alpha value is -0.860. The fraction of sp³-hybridized carbons (Fsp3) is 0.500. The minimum absolute atomic E-state index is 0.292. The van der Waals surface area contributed by atoms with Gasteiger partial charge in [-0.2, -0.15) is 0 Å². The number of hydrogen-bond donors (Lipinski definition) is 0. The van der Waals surface area contributed by atoms with Gasteiger partial charge in [0.1, 0.15) is 0 Å². The van der Waals surface area contributed by atoms with Crippen molar-refractivity contribution in [2.24, 2.45) is 5.92 Å². The standard InChI is InChI=1S/C12H16O2/c1-13-11-10(12(11)14-2)8-9-6-4-3-5-7-9/h3-7,10-12H,8H2,1-2H3. The lowest BCUT2D eigenvalue weighted by atomic mass is 10.1. The first-order chi connectivity index (χ1) is 6.86. The van der Waals surface area contributed by atoms with Gasteiger partial charge in [0.05, 0.1) is 12.2 Å². The largest absolute Gasteiger partial charge is 0.378 e. The van der Waals surface area contributed by atoms with Crippen molar-refractivity contribution < 1.29 is 9.47 Å². The fourth-order valence-electron chi connectivity index (χ4n) is 2.05. The molecule has 0 heterocycles. The van der Waals surface area contributed by atoms with Crippen LogP contribution in [0.2, 0.25) is 0 Å². The lowest BCUT2D eigenvalue weighted by Crippen LogP contribution is -1.96. The van der Waals surface area contributed by atoms with Crippen LogP contribution in [0.4, 0.5) is 0 Å². The van der Waals surface area contributed by atoms with Crippen LogP contribution in [-0.2, 0) is 15.9 Å². The average Bonchev–Trinajstić information content (AvgIpc) is 2.91. The van der Waals surface area contributed by atoms with Crippen LogP contribution in [-0.4, -0.2) is 26.4 Å². The van der Waals surface area contributed by atoms with Crippen molar-refractivity contribution in [3.63, 3.8) is 0 Å². The van der Waals surface area contributed by atoms with E-state index in [2.05, 4.69) is 24.3 Å². The van der Waals surface area contributed by atoms with E-state index < -0.39 is 0 Å². The highest BCUT2D eigenvalue weighted by molar-refractivity contribution is 5.19. The third kappa shape index (κ3) is 1.81. The van der Waals surface area contributed by atoms with Crippen molar-refractivity contribution in [2.45, 2.75) is 18.6 Å². The fourth-order valence-corrected chi connectivity index (χ4v) is 2.05. The van der Waals surface area contributed by atoms with Gasteiger partial charge < -0.3 is 9.47 Å². The second kappa shape index (κ2) is 4.11. The summed E-state index contributed by atoms with van der Waals surface area (Å²) in [6.45, 7) is 0. The molecule has 1 aromatic rings. The molecule has 1 aliphatic rings. The monoisotopic (exact) mass is 192 g/mol. The Kier molecular flexibility index (Phi) is 2.85. The van der Waals surface area contributed by atoms with Crippen LogP contribution in [0.5, 0.6) is 0 Å². The Morgan fingerprint density at radius 2 is 1.57 bits per heavy atom. The Balaban J connectivity index is 1.94. The third-order valence-electron chi connectivity index (χ3n) is 2.89. The minimum atomic E-state index is 0.292. The molecule has 1 aromatic carbocycles. The van der Waals surface area contributed by atoms with Crippen molar-refractivity contribution in [2.75, 3.05) is 14.2 Å². The summed E-state index contributed by atoms with van der Waals surface area (Å²) in [5.74, 6) is 0.535. The molecule has 1 aliphatic carbocycles. The average molecular weight is 192 g/mol. The maximum absolute atomic E-state index is 5.32. The highest BCUT2D eigenvalue weighted by Crippen LogP contribution is 2.39. The summed E-state index contributed by atoms with van der Waals surface area (Å²) >= 11 is 0. The summed E-state index contributed by atoms with van der Waals surface area (Å²) in [4.78, 5) is 0. The van der Waals surface area contributed by atoms with E-state index in [1.807, 2.05) is 6.07 Å². The molecule has 2 unspecified atom stereocenters. The lowest BCUT2D eigenvalue weighted by molar-refractivity contribution is 0.0972. The number of methoxy groups -OCH3 is 2. The van der Waals surface area contributed by atoms with E-state index in [1.165, 1.54) is 5.56 Å². The summed E-state index contributed by atoms with van der Waals surface area (Å²) in [5.41, 5.74) is 1.36. The van der Waals surface area contributed by atoms with Gasteiger partial charge in [-0.25, -0.2) is 0 Å². The molecule has 2 atom stereocenters. The van der Waals surface area contributed by atoms with Gasteiger partial charge in [-0.3, -0.25) is 0 Å². The number of benzene rings is 1. The molecule has 2 rings (SSSR count). The van der Waals surface area contributed by atoms with Gasteiger partial charge in [-0.05, 0) is 12.0 Å². The highest BCUT2D eigenvalue weighted by atomic mass is 16.5. The summed E-state index contributed by atoms with van der Waals surface area (Å²) in [6.07, 6.45) is 1.64. The molecule has 2 heteroatoms. The number of ether oxygens (including phenoxy) is 2. The SMILES string of the molecule is COC1C(Cc2ccccc2)C1OC. The van der Waals surface area contributed by atoms with Gasteiger partial charge in [0.25, 0.3) is 0 Å². The van der Waals surface area contributed by atoms with Crippen LogP contribution < -0.4 is 0 Å². The molecule has 2 nitrogen and oxygen atoms in total. The quantitative estimate of drug-likeness (QED) is 0.725. The molecule has 14 heavy (non-hydrogen) atoms. The summed E-state index contributed by atoms with van der Waals surface area (Å²) in [5, 5.41) is 0. The molecular weight excluding hydrogens is 176 g/mol. The zero-order valence-electron chi connectivity index (χ0n) is 8.64. The second-order valence-corrected chi connectivity index (χ2v) is 3.75. The molecule has 0 spiro atoms. The van der Waals surface area contributed by atoms with Gasteiger partial charge in [0, 0.05) is 20.1 Å². The maximum atomic E-state index is 5.32. The van der Waals surface area contributed by atoms with Crippen LogP contribution in [0, 0.1) is 5.92 Å². The van der Waals surface area contributed by atoms with E-state index in [0.29, 0.717) is 18.1 Å². The van der Waals surface area contributed by atoms with E-state index in [-0.39, 0.29) is 0 Å². The Labute approximate surface area is 84.8 Å². The molecule has 0 saturated heterocycles. The van der Waals surface area contributed by atoms with Crippen molar-refractivity contribution in [1.29, 1.82) is 0 Å². The van der Waals surface area contributed by atoms with E-state index >= 15 is 0 Å². The first kappa shape index (κ1) is 9.69. The predicted octanol–water partition coefficient (Wildman–Crippen LogP) is 1.89. The summed E-state index contributed by atoms with van der Waals surface area (Å²) in [6, 6.07) is 10.5. The molecule has 0 aromatic heterocycles. The van der Waals surface area contributed by atoms with Crippen molar-refractivity contribution in [3.8, 4) is 0 Å². The zero-order valence-corrected chi connectivity index (χ0v) is 8.64. The molecule has 1 saturated carbocycles. The topological polar surface area (TPSA) is 18.5 Å². The molecular formula is C12H16O2. The molecule has 0 radical (unpaired) electrons. The number of hydrogen-bond acceptors (Lipinski definition) is 2. The minimum Gasteiger partial charge on any atom is -0.378 e. The van der Waals surface area contributed by atoms with Crippen LogP contribution in [0.3, 0.4) is 0 Å². The molecule has 0 aliphatic heterocycles. The Bertz CT molecular complexity index is 274. The predicted molar refractivity (Wildman–Crippen MR) is 55.2 cm³/mol. The van der Waals surface area contributed by atoms with Crippen LogP contribution in [0.1, 0.15) is 5.56 Å². The first-order valence-electron chi connectivity index (χ1n) is 4.96. The maximum Gasteiger partial charge on any atom is 0.0893 e. The Morgan fingerprint density at radius 1 is 1.00 bits per heavy atom. The number of rotatable bonds is 4. The van der Waals surface area contributed by atoms with E-state index in [1.54, 1.807) is 14.2 Å². The van der Waals surface area contributed by atoms with Crippen molar-refractivity contribution in [1.82, 2.24) is 0 Å². The van der Waals surface area contributed by atoms with E-state index in [0.717, 1.165) is 6.42 Å². The van der Waals surface area contributed by atoms with Gasteiger partial charge in [0.15, 0.2) is 0 Å². The van der Waals surface area contributed by atoms with Crippen LogP contribution >= 0.6 is 0 Å². The summed E-state index contributed by atoms with van der Waals surface area (Å²) < 4.78 is 10.6. The van der Waals surface area contributed by atoms with E-state index in [4.69, 9.17) is 9.47 Å². The molecule has 76 valence electrons. The smallest absolute Gasteiger partial charge is 0.0893 e. The van der Waals surface area contributed by atoms with Gasteiger partial charge in [-0.1, -0.05) is 30.3 Å². The second-order valence-electron chi connectivity index (χ2n) is 3.75. The van der Waals surface area contributed by atoms with Gasteiger partial charge in [-0.15, -0.1) is 0 Å². The molecule has 0 bridgehead atoms. The third-order valence-corrected chi connectivity index (χ3v) is 2.89. The van der Waals surface area contributed by atoms with E-state index in [9.17, 15) is 0 Å². The lowest BCUT2D eigenvalue weighted by Gasteiger charge is -1.98. The van der Waals surface area contributed by atoms with Crippen LogP contribution in [0.25, 0.3) is 0 Å². The van der Waals surface area contributed by atoms with Crippen LogP contribution in [0.15, 0.2) is 30.3 Å². The van der Waals surface area contributed by atoms with Crippen molar-refractivity contribution >= 4 is 0 Å². The molecule has 0 amide bonds. The highest BCUT2D eigenvalue weighted by Gasteiger charge is 2.51. The van der Waals surface area contributed by atoms with Gasteiger partial charge in [0.2, 0.25) is 0 Å². The van der Waals surface area contributed by atoms with Gasteiger partial charge >= 0.3 is 0 Å². The summed E-state index contributed by atoms with van der Waals surface area (Å²) in [7, 11) is 3.50. The zero-order chi connectivity index (χ0) is 9.97. The molecule has 1 fully saturated rings. The normalized spacial score (nSPS) is 30.3. The van der Waals surface area contributed by atoms with Crippen molar-refractivity contribution in [3.05, 3.63) is 35.9 Å². The Morgan fingerprint density at radius 3 is 2.07 bits per heavy atom. The first-order valence-corrected chi connectivity index (χ1v) is 4.96.